The van der Waals surface area contributed by atoms with Crippen LogP contribution < -0.4 is 0 Å². The SMILES string of the molecule is O=CC(c1ccccc1)(c1ccccc1)c1ccc(Br)cc1. The van der Waals surface area contributed by atoms with Crippen LogP contribution in [0.15, 0.2) is 89.4 Å². The highest BCUT2D eigenvalue weighted by atomic mass is 79.9. The van der Waals surface area contributed by atoms with Gasteiger partial charge < -0.3 is 4.79 Å². The average molecular weight is 351 g/mol. The van der Waals surface area contributed by atoms with Crippen molar-refractivity contribution in [1.82, 2.24) is 0 Å². The maximum Gasteiger partial charge on any atom is 0.139 e. The van der Waals surface area contributed by atoms with Gasteiger partial charge in [0.25, 0.3) is 0 Å². The van der Waals surface area contributed by atoms with Gasteiger partial charge in [-0.3, -0.25) is 0 Å². The summed E-state index contributed by atoms with van der Waals surface area (Å²) in [5, 5.41) is 0. The van der Waals surface area contributed by atoms with Crippen LogP contribution in [-0.4, -0.2) is 6.29 Å². The second-order valence-electron chi connectivity index (χ2n) is 5.16. The van der Waals surface area contributed by atoms with Crippen molar-refractivity contribution in [2.75, 3.05) is 0 Å². The van der Waals surface area contributed by atoms with Gasteiger partial charge in [-0.05, 0) is 28.8 Å². The van der Waals surface area contributed by atoms with E-state index in [4.69, 9.17) is 0 Å². The van der Waals surface area contributed by atoms with Crippen LogP contribution in [0.5, 0.6) is 0 Å². The summed E-state index contributed by atoms with van der Waals surface area (Å²) in [6.45, 7) is 0. The molecule has 3 aromatic carbocycles. The van der Waals surface area contributed by atoms with E-state index >= 15 is 0 Å². The first-order valence-electron chi connectivity index (χ1n) is 7.11. The van der Waals surface area contributed by atoms with Crippen LogP contribution in [-0.2, 0) is 10.2 Å². The number of aldehydes is 1. The van der Waals surface area contributed by atoms with E-state index in [2.05, 4.69) is 15.9 Å². The Hall–Kier alpha value is -2.19. The van der Waals surface area contributed by atoms with Crippen molar-refractivity contribution in [2.45, 2.75) is 5.41 Å². The molecule has 108 valence electrons. The summed E-state index contributed by atoms with van der Waals surface area (Å²) in [5.41, 5.74) is 2.11. The third-order valence-electron chi connectivity index (χ3n) is 3.93. The fraction of sp³-hybridized carbons (Fsp3) is 0.0500. The van der Waals surface area contributed by atoms with E-state index in [-0.39, 0.29) is 0 Å². The molecule has 0 amide bonds. The highest BCUT2D eigenvalue weighted by Gasteiger charge is 2.35. The third-order valence-corrected chi connectivity index (χ3v) is 4.46. The lowest BCUT2D eigenvalue weighted by molar-refractivity contribution is -0.110. The largest absolute Gasteiger partial charge is 0.302 e. The van der Waals surface area contributed by atoms with Crippen LogP contribution in [0.2, 0.25) is 0 Å². The van der Waals surface area contributed by atoms with E-state index < -0.39 is 5.41 Å². The molecule has 3 rings (SSSR count). The molecule has 0 aliphatic heterocycles. The van der Waals surface area contributed by atoms with Crippen molar-refractivity contribution < 1.29 is 4.79 Å². The van der Waals surface area contributed by atoms with Gasteiger partial charge in [-0.2, -0.15) is 0 Å². The summed E-state index contributed by atoms with van der Waals surface area (Å²) in [6.07, 6.45) is 1.04. The van der Waals surface area contributed by atoms with Crippen molar-refractivity contribution in [3.8, 4) is 0 Å². The Labute approximate surface area is 138 Å². The van der Waals surface area contributed by atoms with Crippen LogP contribution in [0.1, 0.15) is 16.7 Å². The van der Waals surface area contributed by atoms with Gasteiger partial charge in [0.15, 0.2) is 0 Å². The standard InChI is InChI=1S/C20H15BrO/c21-19-13-11-18(12-14-19)20(15-22,16-7-3-1-4-8-16)17-9-5-2-6-10-17/h1-15H. The summed E-state index contributed by atoms with van der Waals surface area (Å²) in [6, 6.07) is 27.8. The number of hydrogen-bond acceptors (Lipinski definition) is 1. The quantitative estimate of drug-likeness (QED) is 0.478. The zero-order chi connectivity index (χ0) is 15.4. The van der Waals surface area contributed by atoms with Gasteiger partial charge in [0.05, 0.1) is 0 Å². The van der Waals surface area contributed by atoms with Crippen LogP contribution >= 0.6 is 15.9 Å². The number of carbonyl (C=O) groups excluding carboxylic acids is 1. The Morgan fingerprint density at radius 2 is 1.05 bits per heavy atom. The summed E-state index contributed by atoms with van der Waals surface area (Å²) in [7, 11) is 0. The zero-order valence-electron chi connectivity index (χ0n) is 11.9. The van der Waals surface area contributed by atoms with E-state index in [1.54, 1.807) is 0 Å². The second kappa shape index (κ2) is 6.29. The van der Waals surface area contributed by atoms with E-state index in [0.29, 0.717) is 0 Å². The first-order chi connectivity index (χ1) is 10.8. The minimum atomic E-state index is -0.788. The molecule has 0 aliphatic rings. The van der Waals surface area contributed by atoms with E-state index in [1.807, 2.05) is 84.9 Å². The van der Waals surface area contributed by atoms with Gasteiger partial charge in [-0.25, -0.2) is 0 Å². The van der Waals surface area contributed by atoms with Gasteiger partial charge >= 0.3 is 0 Å². The van der Waals surface area contributed by atoms with E-state index in [1.165, 1.54) is 0 Å². The van der Waals surface area contributed by atoms with Gasteiger partial charge in [0.1, 0.15) is 11.7 Å². The van der Waals surface area contributed by atoms with Gasteiger partial charge in [0, 0.05) is 4.47 Å². The maximum atomic E-state index is 12.3. The summed E-state index contributed by atoms with van der Waals surface area (Å²) in [5.74, 6) is 0. The molecule has 0 saturated carbocycles. The van der Waals surface area contributed by atoms with Gasteiger partial charge in [0.2, 0.25) is 0 Å². The molecule has 0 unspecified atom stereocenters. The molecular formula is C20H15BrO. The number of benzene rings is 3. The normalized spacial score (nSPS) is 11.1. The Kier molecular flexibility index (Phi) is 4.21. The average Bonchev–Trinajstić information content (AvgIpc) is 2.59. The van der Waals surface area contributed by atoms with Crippen LogP contribution in [0.4, 0.5) is 0 Å². The fourth-order valence-electron chi connectivity index (χ4n) is 2.82. The lowest BCUT2D eigenvalue weighted by Gasteiger charge is -2.30. The molecule has 0 N–H and O–H groups in total. The molecule has 0 spiro atoms. The Balaban J connectivity index is 2.30. The first kappa shape index (κ1) is 14.7. The van der Waals surface area contributed by atoms with Gasteiger partial charge in [-0.15, -0.1) is 0 Å². The molecule has 0 radical (unpaired) electrons. The predicted molar refractivity (Wildman–Crippen MR) is 93.0 cm³/mol. The number of carbonyl (C=O) groups is 1. The molecule has 1 nitrogen and oxygen atoms in total. The lowest BCUT2D eigenvalue weighted by atomic mass is 9.70. The molecule has 0 heterocycles. The first-order valence-corrected chi connectivity index (χ1v) is 7.90. The third kappa shape index (κ3) is 2.51. The zero-order valence-corrected chi connectivity index (χ0v) is 13.5. The molecular weight excluding hydrogens is 336 g/mol. The predicted octanol–water partition coefficient (Wildman–Crippen LogP) is 4.98. The smallest absolute Gasteiger partial charge is 0.139 e. The van der Waals surface area contributed by atoms with Crippen LogP contribution in [0.25, 0.3) is 0 Å². The minimum absolute atomic E-state index is 0.788. The summed E-state index contributed by atoms with van der Waals surface area (Å²) < 4.78 is 0.997. The Morgan fingerprint density at radius 1 is 0.636 bits per heavy atom. The molecule has 3 aromatic rings. The topological polar surface area (TPSA) is 17.1 Å². The summed E-state index contributed by atoms with van der Waals surface area (Å²) in [4.78, 5) is 12.3. The number of rotatable bonds is 4. The van der Waals surface area contributed by atoms with Crippen molar-refractivity contribution in [3.05, 3.63) is 106 Å². The molecule has 0 saturated heterocycles. The Morgan fingerprint density at radius 3 is 1.45 bits per heavy atom. The van der Waals surface area contributed by atoms with Crippen molar-refractivity contribution >= 4 is 22.2 Å². The Bertz CT molecular complexity index is 709. The maximum absolute atomic E-state index is 12.3. The molecule has 0 fully saturated rings. The van der Waals surface area contributed by atoms with Crippen LogP contribution in [0.3, 0.4) is 0 Å². The fourth-order valence-corrected chi connectivity index (χ4v) is 3.08. The highest BCUT2D eigenvalue weighted by molar-refractivity contribution is 9.10. The van der Waals surface area contributed by atoms with Crippen molar-refractivity contribution in [2.24, 2.45) is 0 Å². The molecule has 0 aliphatic carbocycles. The van der Waals surface area contributed by atoms with Crippen LogP contribution in [0, 0.1) is 0 Å². The van der Waals surface area contributed by atoms with E-state index in [9.17, 15) is 4.79 Å². The van der Waals surface area contributed by atoms with Gasteiger partial charge in [-0.1, -0.05) is 88.7 Å². The summed E-state index contributed by atoms with van der Waals surface area (Å²) >= 11 is 3.46. The molecule has 0 bridgehead atoms. The minimum Gasteiger partial charge on any atom is -0.302 e. The molecule has 0 aromatic heterocycles. The second-order valence-corrected chi connectivity index (χ2v) is 6.08. The van der Waals surface area contributed by atoms with E-state index in [0.717, 1.165) is 27.4 Å². The molecule has 22 heavy (non-hydrogen) atoms. The molecule has 0 atom stereocenters. The highest BCUT2D eigenvalue weighted by Crippen LogP contribution is 2.37. The monoisotopic (exact) mass is 350 g/mol. The lowest BCUT2D eigenvalue weighted by Crippen LogP contribution is -2.31. The molecule has 2 heteroatoms. The van der Waals surface area contributed by atoms with Crippen molar-refractivity contribution in [3.63, 3.8) is 0 Å². The van der Waals surface area contributed by atoms with Crippen molar-refractivity contribution in [1.29, 1.82) is 0 Å². The number of hydrogen-bond donors (Lipinski definition) is 0. The number of halogens is 1.